The Morgan fingerprint density at radius 2 is 1.81 bits per heavy atom. The van der Waals surface area contributed by atoms with Crippen LogP contribution in [0.25, 0.3) is 0 Å². The molecule has 1 saturated heterocycles. The first-order chi connectivity index (χ1) is 12.7. The third-order valence-electron chi connectivity index (χ3n) is 4.87. The van der Waals surface area contributed by atoms with Crippen molar-refractivity contribution in [2.24, 2.45) is 0 Å². The van der Waals surface area contributed by atoms with Crippen LogP contribution in [-0.2, 0) is 6.54 Å². The lowest BCUT2D eigenvalue weighted by molar-refractivity contribution is 0.126. The van der Waals surface area contributed by atoms with E-state index in [1.807, 2.05) is 18.7 Å². The van der Waals surface area contributed by atoms with Crippen molar-refractivity contribution in [1.82, 2.24) is 19.4 Å². The highest BCUT2D eigenvalue weighted by Crippen LogP contribution is 2.29. The number of anilines is 1. The largest absolute Gasteiger partial charge is 0.506 e. The molecule has 0 atom stereocenters. The Balaban J connectivity index is 1.25. The van der Waals surface area contributed by atoms with Crippen molar-refractivity contribution in [3.63, 3.8) is 0 Å². The Hall–Kier alpha value is -2.25. The average molecular weight is 359 g/mol. The van der Waals surface area contributed by atoms with Crippen molar-refractivity contribution >= 4 is 5.69 Å². The van der Waals surface area contributed by atoms with E-state index in [1.54, 1.807) is 18.2 Å². The summed E-state index contributed by atoms with van der Waals surface area (Å²) >= 11 is 0. The SMILES string of the molecule is Nc1c(O)cccc1OCCCCN1CCN(CCn2ccnc2)CC1. The van der Waals surface area contributed by atoms with Gasteiger partial charge in [0.15, 0.2) is 0 Å². The van der Waals surface area contributed by atoms with Gasteiger partial charge in [-0.15, -0.1) is 0 Å². The van der Waals surface area contributed by atoms with Crippen molar-refractivity contribution in [1.29, 1.82) is 0 Å². The molecule has 0 amide bonds. The molecule has 0 radical (unpaired) electrons. The number of imidazole rings is 1. The molecule has 142 valence electrons. The third-order valence-corrected chi connectivity index (χ3v) is 4.87. The molecule has 3 N–H and O–H groups in total. The molecule has 7 nitrogen and oxygen atoms in total. The van der Waals surface area contributed by atoms with E-state index in [1.165, 1.54) is 0 Å². The highest BCUT2D eigenvalue weighted by atomic mass is 16.5. The Morgan fingerprint density at radius 1 is 1.04 bits per heavy atom. The second-order valence-electron chi connectivity index (χ2n) is 6.73. The monoisotopic (exact) mass is 359 g/mol. The molecule has 1 aromatic heterocycles. The Labute approximate surface area is 155 Å². The van der Waals surface area contributed by atoms with Crippen LogP contribution in [0.1, 0.15) is 12.8 Å². The number of aromatic hydroxyl groups is 1. The van der Waals surface area contributed by atoms with Crippen LogP contribution in [0.4, 0.5) is 5.69 Å². The number of unbranched alkanes of at least 4 members (excludes halogenated alkanes) is 1. The number of piperazine rings is 1. The molecule has 1 aliphatic rings. The number of benzene rings is 1. The van der Waals surface area contributed by atoms with Crippen LogP contribution in [0.5, 0.6) is 11.5 Å². The lowest BCUT2D eigenvalue weighted by Crippen LogP contribution is -2.47. The maximum absolute atomic E-state index is 9.57. The summed E-state index contributed by atoms with van der Waals surface area (Å²) in [6.45, 7) is 8.34. The summed E-state index contributed by atoms with van der Waals surface area (Å²) in [5.74, 6) is 0.643. The zero-order chi connectivity index (χ0) is 18.2. The van der Waals surface area contributed by atoms with E-state index >= 15 is 0 Å². The van der Waals surface area contributed by atoms with Crippen molar-refractivity contribution in [2.45, 2.75) is 19.4 Å². The summed E-state index contributed by atoms with van der Waals surface area (Å²) in [7, 11) is 0. The van der Waals surface area contributed by atoms with E-state index in [2.05, 4.69) is 19.4 Å². The highest BCUT2D eigenvalue weighted by Gasteiger charge is 2.16. The summed E-state index contributed by atoms with van der Waals surface area (Å²) in [5.41, 5.74) is 6.11. The van der Waals surface area contributed by atoms with Crippen molar-refractivity contribution < 1.29 is 9.84 Å². The zero-order valence-electron chi connectivity index (χ0n) is 15.3. The maximum Gasteiger partial charge on any atom is 0.145 e. The van der Waals surface area contributed by atoms with Gasteiger partial charge < -0.3 is 25.0 Å². The van der Waals surface area contributed by atoms with E-state index < -0.39 is 0 Å². The second kappa shape index (κ2) is 9.45. The summed E-state index contributed by atoms with van der Waals surface area (Å²) in [6.07, 6.45) is 7.81. The Bertz CT molecular complexity index is 654. The van der Waals surface area contributed by atoms with E-state index in [-0.39, 0.29) is 5.75 Å². The van der Waals surface area contributed by atoms with Gasteiger partial charge in [0.25, 0.3) is 0 Å². The van der Waals surface area contributed by atoms with Gasteiger partial charge in [-0.1, -0.05) is 6.07 Å². The molecule has 0 aliphatic carbocycles. The number of nitrogen functional groups attached to an aromatic ring is 1. The fraction of sp³-hybridized carbons (Fsp3) is 0.526. The third kappa shape index (κ3) is 5.37. The minimum absolute atomic E-state index is 0.0772. The molecular weight excluding hydrogens is 330 g/mol. The smallest absolute Gasteiger partial charge is 0.145 e. The minimum atomic E-state index is 0.0772. The molecule has 1 fully saturated rings. The number of ether oxygens (including phenoxy) is 1. The standard InChI is InChI=1S/C19H29N5O2/c20-19-17(25)4-3-5-18(19)26-15-2-1-7-22-9-11-23(12-10-22)13-14-24-8-6-21-16-24/h3-6,8,16,25H,1-2,7,9-15,20H2. The molecule has 7 heteroatoms. The molecular formula is C19H29N5O2. The molecule has 1 aliphatic heterocycles. The molecule has 0 bridgehead atoms. The lowest BCUT2D eigenvalue weighted by atomic mass is 10.2. The molecule has 1 aromatic carbocycles. The average Bonchev–Trinajstić information content (AvgIpc) is 3.18. The fourth-order valence-electron chi connectivity index (χ4n) is 3.19. The maximum atomic E-state index is 9.57. The van der Waals surface area contributed by atoms with Gasteiger partial charge in [0, 0.05) is 51.7 Å². The van der Waals surface area contributed by atoms with E-state index in [0.29, 0.717) is 18.0 Å². The first-order valence-corrected chi connectivity index (χ1v) is 9.33. The quantitative estimate of drug-likeness (QED) is 0.403. The van der Waals surface area contributed by atoms with Gasteiger partial charge in [0.1, 0.15) is 17.2 Å². The van der Waals surface area contributed by atoms with Gasteiger partial charge in [-0.3, -0.25) is 4.90 Å². The summed E-state index contributed by atoms with van der Waals surface area (Å²) in [5, 5.41) is 9.57. The van der Waals surface area contributed by atoms with Gasteiger partial charge in [0.05, 0.1) is 12.9 Å². The summed E-state index contributed by atoms with van der Waals surface area (Å²) in [4.78, 5) is 9.12. The number of hydrogen-bond acceptors (Lipinski definition) is 6. The number of para-hydroxylation sites is 1. The first-order valence-electron chi connectivity index (χ1n) is 9.33. The minimum Gasteiger partial charge on any atom is -0.506 e. The number of rotatable bonds is 9. The highest BCUT2D eigenvalue weighted by molar-refractivity contribution is 5.61. The van der Waals surface area contributed by atoms with Gasteiger partial charge in [-0.05, 0) is 31.5 Å². The van der Waals surface area contributed by atoms with Gasteiger partial charge in [0.2, 0.25) is 0 Å². The van der Waals surface area contributed by atoms with Gasteiger partial charge in [-0.2, -0.15) is 0 Å². The lowest BCUT2D eigenvalue weighted by Gasteiger charge is -2.34. The van der Waals surface area contributed by atoms with Crippen LogP contribution in [0.15, 0.2) is 36.9 Å². The van der Waals surface area contributed by atoms with Crippen LogP contribution < -0.4 is 10.5 Å². The van der Waals surface area contributed by atoms with Gasteiger partial charge in [-0.25, -0.2) is 4.98 Å². The second-order valence-corrected chi connectivity index (χ2v) is 6.73. The predicted octanol–water partition coefficient (Wildman–Crippen LogP) is 1.65. The van der Waals surface area contributed by atoms with Crippen molar-refractivity contribution in [2.75, 3.05) is 51.6 Å². The predicted molar refractivity (Wildman–Crippen MR) is 102 cm³/mol. The topological polar surface area (TPSA) is 79.8 Å². The molecule has 0 spiro atoms. The molecule has 0 unspecified atom stereocenters. The number of nitrogens with zero attached hydrogens (tertiary/aromatic N) is 4. The van der Waals surface area contributed by atoms with Crippen LogP contribution in [-0.4, -0.2) is 70.3 Å². The first kappa shape index (κ1) is 18.5. The molecule has 3 rings (SSSR count). The number of aromatic nitrogens is 2. The molecule has 2 aromatic rings. The number of nitrogens with two attached hydrogens (primary N) is 1. The van der Waals surface area contributed by atoms with Crippen molar-refractivity contribution in [3.8, 4) is 11.5 Å². The normalized spacial score (nSPS) is 16.0. The number of hydrogen-bond donors (Lipinski definition) is 2. The van der Waals surface area contributed by atoms with E-state index in [9.17, 15) is 5.11 Å². The van der Waals surface area contributed by atoms with Crippen LogP contribution in [0, 0.1) is 0 Å². The Kier molecular flexibility index (Phi) is 6.74. The summed E-state index contributed by atoms with van der Waals surface area (Å²) in [6, 6.07) is 5.10. The molecule has 0 saturated carbocycles. The fourth-order valence-corrected chi connectivity index (χ4v) is 3.19. The number of phenolic OH excluding ortho intramolecular Hbond substituents is 1. The zero-order valence-corrected chi connectivity index (χ0v) is 15.3. The van der Waals surface area contributed by atoms with Crippen LogP contribution >= 0.6 is 0 Å². The van der Waals surface area contributed by atoms with Crippen LogP contribution in [0.3, 0.4) is 0 Å². The Morgan fingerprint density at radius 3 is 2.54 bits per heavy atom. The van der Waals surface area contributed by atoms with Gasteiger partial charge >= 0.3 is 0 Å². The molecule has 2 heterocycles. The van der Waals surface area contributed by atoms with E-state index in [0.717, 1.165) is 58.7 Å². The molecule has 26 heavy (non-hydrogen) atoms. The van der Waals surface area contributed by atoms with E-state index in [4.69, 9.17) is 10.5 Å². The summed E-state index contributed by atoms with van der Waals surface area (Å²) < 4.78 is 7.80. The van der Waals surface area contributed by atoms with Crippen molar-refractivity contribution in [3.05, 3.63) is 36.9 Å². The number of phenols is 1. The van der Waals surface area contributed by atoms with Crippen LogP contribution in [0.2, 0.25) is 0 Å².